The van der Waals surface area contributed by atoms with E-state index < -0.39 is 0 Å². The van der Waals surface area contributed by atoms with Crippen LogP contribution in [-0.2, 0) is 0 Å². The lowest BCUT2D eigenvalue weighted by Gasteiger charge is -2.08. The average Bonchev–Trinajstić information content (AvgIpc) is 2.53. The Morgan fingerprint density at radius 2 is 2.38 bits per heavy atom. The summed E-state index contributed by atoms with van der Waals surface area (Å²) in [6.07, 6.45) is 8.12. The number of nitrogens with one attached hydrogen (secondary N) is 1. The first-order chi connectivity index (χ1) is 10.3. The van der Waals surface area contributed by atoms with E-state index >= 15 is 0 Å². The SMILES string of the molecule is CSC(=NCCCOc1cccc2cnccc12)NC#N. The number of nitriles is 1. The Morgan fingerprint density at radius 3 is 3.19 bits per heavy atom. The monoisotopic (exact) mass is 300 g/mol. The molecule has 0 bridgehead atoms. The van der Waals surface area contributed by atoms with Crippen molar-refractivity contribution in [3.63, 3.8) is 0 Å². The summed E-state index contributed by atoms with van der Waals surface area (Å²) in [5, 5.41) is 13.8. The molecular weight excluding hydrogens is 284 g/mol. The first-order valence-corrected chi connectivity index (χ1v) is 7.76. The number of hydrogen-bond acceptors (Lipinski definition) is 5. The number of aliphatic imine (C=N–C) groups is 1. The topological polar surface area (TPSA) is 70.3 Å². The van der Waals surface area contributed by atoms with Gasteiger partial charge in [-0.25, -0.2) is 0 Å². The van der Waals surface area contributed by atoms with E-state index in [1.54, 1.807) is 6.20 Å². The highest BCUT2D eigenvalue weighted by atomic mass is 32.2. The number of nitrogens with zero attached hydrogens (tertiary/aromatic N) is 3. The molecular formula is C15H16N4OS. The van der Waals surface area contributed by atoms with Gasteiger partial charge in [0.05, 0.1) is 6.61 Å². The fourth-order valence-electron chi connectivity index (χ4n) is 1.85. The molecule has 0 atom stereocenters. The lowest BCUT2D eigenvalue weighted by molar-refractivity contribution is 0.317. The molecule has 6 heteroatoms. The zero-order valence-electron chi connectivity index (χ0n) is 11.7. The molecule has 0 aliphatic carbocycles. The fourth-order valence-corrected chi connectivity index (χ4v) is 2.22. The molecule has 0 amide bonds. The summed E-state index contributed by atoms with van der Waals surface area (Å²) >= 11 is 1.42. The van der Waals surface area contributed by atoms with E-state index in [9.17, 15) is 0 Å². The number of fused-ring (bicyclic) bond motifs is 1. The predicted octanol–water partition coefficient (Wildman–Crippen LogP) is 2.79. The molecule has 2 aromatic rings. The molecule has 0 unspecified atom stereocenters. The highest BCUT2D eigenvalue weighted by Crippen LogP contribution is 2.24. The van der Waals surface area contributed by atoms with Crippen LogP contribution in [0.4, 0.5) is 0 Å². The van der Waals surface area contributed by atoms with Gasteiger partial charge in [-0.15, -0.1) is 0 Å². The van der Waals surface area contributed by atoms with Crippen molar-refractivity contribution in [1.82, 2.24) is 10.3 Å². The van der Waals surface area contributed by atoms with Gasteiger partial charge >= 0.3 is 0 Å². The van der Waals surface area contributed by atoms with Gasteiger partial charge in [-0.05, 0) is 18.4 Å². The molecule has 1 N–H and O–H groups in total. The summed E-state index contributed by atoms with van der Waals surface area (Å²) in [6, 6.07) is 7.87. The summed E-state index contributed by atoms with van der Waals surface area (Å²) in [5.74, 6) is 0.860. The van der Waals surface area contributed by atoms with Crippen molar-refractivity contribution in [2.24, 2.45) is 4.99 Å². The minimum absolute atomic E-state index is 0.582. The van der Waals surface area contributed by atoms with E-state index in [-0.39, 0.29) is 0 Å². The van der Waals surface area contributed by atoms with E-state index in [4.69, 9.17) is 10.00 Å². The van der Waals surface area contributed by atoms with Crippen molar-refractivity contribution in [3.05, 3.63) is 36.7 Å². The first-order valence-electron chi connectivity index (χ1n) is 6.54. The number of thioether (sulfide) groups is 1. The Balaban J connectivity index is 1.87. The van der Waals surface area contributed by atoms with Gasteiger partial charge in [0, 0.05) is 36.1 Å². The molecule has 21 heavy (non-hydrogen) atoms. The first kappa shape index (κ1) is 15.1. The molecule has 1 aromatic carbocycles. The van der Waals surface area contributed by atoms with Crippen LogP contribution in [0.5, 0.6) is 5.75 Å². The van der Waals surface area contributed by atoms with E-state index in [1.165, 1.54) is 11.8 Å². The van der Waals surface area contributed by atoms with Gasteiger partial charge in [-0.2, -0.15) is 5.26 Å². The van der Waals surface area contributed by atoms with Crippen LogP contribution in [0.1, 0.15) is 6.42 Å². The lowest BCUT2D eigenvalue weighted by atomic mass is 10.1. The van der Waals surface area contributed by atoms with Gasteiger partial charge in [0.15, 0.2) is 11.4 Å². The molecule has 108 valence electrons. The number of ether oxygens (including phenoxy) is 1. The second-order valence-electron chi connectivity index (χ2n) is 4.18. The zero-order chi connectivity index (χ0) is 14.9. The molecule has 0 aliphatic rings. The Bertz CT molecular complexity index is 661. The van der Waals surface area contributed by atoms with Gasteiger partial charge in [0.1, 0.15) is 5.75 Å². The second kappa shape index (κ2) is 8.12. The summed E-state index contributed by atoms with van der Waals surface area (Å²) < 4.78 is 5.81. The number of amidine groups is 1. The molecule has 1 aromatic heterocycles. The maximum absolute atomic E-state index is 8.53. The van der Waals surface area contributed by atoms with Crippen LogP contribution in [-0.4, -0.2) is 29.6 Å². The quantitative estimate of drug-likeness (QED) is 0.302. The molecule has 0 saturated heterocycles. The number of pyridine rings is 1. The summed E-state index contributed by atoms with van der Waals surface area (Å²) in [4.78, 5) is 8.38. The van der Waals surface area contributed by atoms with Crippen LogP contribution < -0.4 is 10.1 Å². The molecule has 2 rings (SSSR count). The largest absolute Gasteiger partial charge is 0.493 e. The number of hydrogen-bond donors (Lipinski definition) is 1. The van der Waals surface area contributed by atoms with Crippen molar-refractivity contribution in [3.8, 4) is 11.9 Å². The van der Waals surface area contributed by atoms with Crippen molar-refractivity contribution in [2.45, 2.75) is 6.42 Å². The fraction of sp³-hybridized carbons (Fsp3) is 0.267. The predicted molar refractivity (Wildman–Crippen MR) is 86.4 cm³/mol. The van der Waals surface area contributed by atoms with Gasteiger partial charge in [0.2, 0.25) is 0 Å². The summed E-state index contributed by atoms with van der Waals surface area (Å²) in [7, 11) is 0. The lowest BCUT2D eigenvalue weighted by Crippen LogP contribution is -2.14. The highest BCUT2D eigenvalue weighted by molar-refractivity contribution is 8.13. The van der Waals surface area contributed by atoms with Crippen molar-refractivity contribution >= 4 is 27.7 Å². The number of benzene rings is 1. The Morgan fingerprint density at radius 1 is 1.48 bits per heavy atom. The molecule has 5 nitrogen and oxygen atoms in total. The van der Waals surface area contributed by atoms with Gasteiger partial charge in [-0.3, -0.25) is 15.3 Å². The van der Waals surface area contributed by atoms with Crippen LogP contribution >= 0.6 is 11.8 Å². The molecule has 0 saturated carbocycles. The van der Waals surface area contributed by atoms with E-state index in [2.05, 4.69) is 15.3 Å². The molecule has 0 aliphatic heterocycles. The third-order valence-corrected chi connectivity index (χ3v) is 3.43. The highest BCUT2D eigenvalue weighted by Gasteiger charge is 2.01. The minimum Gasteiger partial charge on any atom is -0.493 e. The molecule has 0 radical (unpaired) electrons. The number of aromatic nitrogens is 1. The standard InChI is InChI=1S/C15H16N4OS/c1-21-15(19-11-16)18-7-3-9-20-14-5-2-4-12-10-17-8-6-13(12)14/h2,4-6,8,10H,3,7,9H2,1H3,(H,18,19). The normalized spacial score (nSPS) is 11.1. The van der Waals surface area contributed by atoms with Gasteiger partial charge in [0.25, 0.3) is 0 Å². The maximum atomic E-state index is 8.53. The summed E-state index contributed by atoms with van der Waals surface area (Å²) in [6.45, 7) is 1.20. The molecule has 1 heterocycles. The Kier molecular flexibility index (Phi) is 5.85. The van der Waals surface area contributed by atoms with E-state index in [0.717, 1.165) is 22.9 Å². The van der Waals surface area contributed by atoms with Crippen LogP contribution in [0.2, 0.25) is 0 Å². The average molecular weight is 300 g/mol. The van der Waals surface area contributed by atoms with Gasteiger partial charge in [-0.1, -0.05) is 23.9 Å². The van der Waals surface area contributed by atoms with Crippen molar-refractivity contribution < 1.29 is 4.74 Å². The third kappa shape index (κ3) is 4.36. The molecule has 0 fully saturated rings. The number of rotatable bonds is 5. The van der Waals surface area contributed by atoms with Crippen LogP contribution in [0.15, 0.2) is 41.7 Å². The minimum atomic E-state index is 0.582. The van der Waals surface area contributed by atoms with Crippen molar-refractivity contribution in [1.29, 1.82) is 5.26 Å². The van der Waals surface area contributed by atoms with Gasteiger partial charge < -0.3 is 4.74 Å². The maximum Gasteiger partial charge on any atom is 0.183 e. The second-order valence-corrected chi connectivity index (χ2v) is 4.98. The molecule has 0 spiro atoms. The summed E-state index contributed by atoms with van der Waals surface area (Å²) in [5.41, 5.74) is 0. The van der Waals surface area contributed by atoms with E-state index in [0.29, 0.717) is 18.3 Å². The van der Waals surface area contributed by atoms with Crippen LogP contribution in [0.25, 0.3) is 10.8 Å². The smallest absolute Gasteiger partial charge is 0.183 e. The van der Waals surface area contributed by atoms with E-state index in [1.807, 2.05) is 42.9 Å². The van der Waals surface area contributed by atoms with Crippen molar-refractivity contribution in [2.75, 3.05) is 19.4 Å². The van der Waals surface area contributed by atoms with Crippen LogP contribution in [0, 0.1) is 11.5 Å². The third-order valence-electron chi connectivity index (χ3n) is 2.81. The zero-order valence-corrected chi connectivity index (χ0v) is 12.6. The Hall–Kier alpha value is -2.26. The van der Waals surface area contributed by atoms with Crippen LogP contribution in [0.3, 0.4) is 0 Å². The Labute approximate surface area is 128 Å².